The average Bonchev–Trinajstić information content (AvgIpc) is 3.12. The molecule has 7 nitrogen and oxygen atoms in total. The molecule has 2 fully saturated rings. The molecule has 2 saturated heterocycles. The Morgan fingerprint density at radius 1 is 1.00 bits per heavy atom. The van der Waals surface area contributed by atoms with E-state index in [1.54, 1.807) is 9.80 Å². The van der Waals surface area contributed by atoms with Crippen LogP contribution in [0.25, 0.3) is 0 Å². The number of fused-ring (bicyclic) bond motifs is 1. The van der Waals surface area contributed by atoms with Crippen LogP contribution < -0.4 is 11.5 Å². The molecule has 0 spiro atoms. The largest absolute Gasteiger partial charge is 0.329 e. The molecule has 0 aromatic rings. The molecule has 2 aliphatic rings. The van der Waals surface area contributed by atoms with E-state index in [0.29, 0.717) is 37.6 Å². The highest BCUT2D eigenvalue weighted by molar-refractivity contribution is 5.99. The van der Waals surface area contributed by atoms with Crippen LogP contribution in [0.5, 0.6) is 0 Å². The minimum absolute atomic E-state index is 0.0484. The van der Waals surface area contributed by atoms with E-state index in [2.05, 4.69) is 13.8 Å². The van der Waals surface area contributed by atoms with Crippen molar-refractivity contribution in [3.8, 4) is 0 Å². The lowest BCUT2D eigenvalue weighted by molar-refractivity contribution is -0.137. The van der Waals surface area contributed by atoms with E-state index >= 15 is 0 Å². The van der Waals surface area contributed by atoms with Crippen molar-refractivity contribution >= 4 is 17.6 Å². The van der Waals surface area contributed by atoms with Gasteiger partial charge in [0, 0.05) is 6.54 Å². The van der Waals surface area contributed by atoms with Crippen molar-refractivity contribution < 1.29 is 14.4 Å². The lowest BCUT2D eigenvalue weighted by Crippen LogP contribution is -2.51. The number of Topliss-reactive ketones (excluding diaryl/α,β-unsaturated/α-hetero) is 1. The zero-order valence-electron chi connectivity index (χ0n) is 16.5. The van der Waals surface area contributed by atoms with Gasteiger partial charge in [-0.1, -0.05) is 27.7 Å². The van der Waals surface area contributed by atoms with Gasteiger partial charge in [-0.2, -0.15) is 0 Å². The molecule has 2 rings (SSSR count). The van der Waals surface area contributed by atoms with E-state index in [4.69, 9.17) is 11.5 Å². The summed E-state index contributed by atoms with van der Waals surface area (Å²) in [6.45, 7) is 8.73. The van der Waals surface area contributed by atoms with E-state index < -0.39 is 18.1 Å². The number of amides is 2. The zero-order valence-corrected chi connectivity index (χ0v) is 16.5. The number of hydrogen-bond acceptors (Lipinski definition) is 5. The number of carbonyl (C=O) groups is 3. The number of likely N-dealkylation sites (tertiary alicyclic amines) is 2. The standard InChI is InChI=1S/C19H34N4O3/c1-11(2)5-6-13(20)18(25)23-10-16(24)17-15(23)7-8-22(17)19(26)14(21)9-12(3)4/h11-15,17H,5-10,20-21H2,1-4H3. The van der Waals surface area contributed by atoms with Crippen LogP contribution in [0.1, 0.15) is 53.4 Å². The number of carbonyl (C=O) groups excluding carboxylic acids is 3. The normalized spacial score (nSPS) is 25.2. The lowest BCUT2D eigenvalue weighted by Gasteiger charge is -2.28. The second kappa shape index (κ2) is 8.48. The first-order valence-electron chi connectivity index (χ1n) is 9.78. The van der Waals surface area contributed by atoms with Gasteiger partial charge < -0.3 is 21.3 Å². The van der Waals surface area contributed by atoms with Gasteiger partial charge in [-0.15, -0.1) is 0 Å². The molecular formula is C19H34N4O3. The molecule has 0 saturated carbocycles. The molecule has 0 bridgehead atoms. The topological polar surface area (TPSA) is 110 Å². The monoisotopic (exact) mass is 366 g/mol. The van der Waals surface area contributed by atoms with Crippen LogP contribution in [0.3, 0.4) is 0 Å². The second-order valence-electron chi connectivity index (χ2n) is 8.58. The summed E-state index contributed by atoms with van der Waals surface area (Å²) >= 11 is 0. The van der Waals surface area contributed by atoms with Gasteiger partial charge in [-0.25, -0.2) is 0 Å². The van der Waals surface area contributed by atoms with Gasteiger partial charge in [0.25, 0.3) is 0 Å². The van der Waals surface area contributed by atoms with Gasteiger partial charge in [0.15, 0.2) is 5.78 Å². The molecule has 0 aromatic carbocycles. The van der Waals surface area contributed by atoms with Crippen LogP contribution in [0, 0.1) is 11.8 Å². The van der Waals surface area contributed by atoms with Gasteiger partial charge in [-0.3, -0.25) is 14.4 Å². The lowest BCUT2D eigenvalue weighted by atomic mass is 10.0. The highest BCUT2D eigenvalue weighted by atomic mass is 16.2. The fourth-order valence-electron chi connectivity index (χ4n) is 4.03. The third-order valence-corrected chi connectivity index (χ3v) is 5.40. The second-order valence-corrected chi connectivity index (χ2v) is 8.58. The minimum atomic E-state index is -0.598. The molecule has 148 valence electrons. The fourth-order valence-corrected chi connectivity index (χ4v) is 4.03. The summed E-state index contributed by atoms with van der Waals surface area (Å²) in [6.07, 6.45) is 2.68. The fraction of sp³-hybridized carbons (Fsp3) is 0.842. The summed E-state index contributed by atoms with van der Waals surface area (Å²) in [5, 5.41) is 0. The van der Waals surface area contributed by atoms with Gasteiger partial charge in [-0.05, 0) is 37.5 Å². The first-order valence-corrected chi connectivity index (χ1v) is 9.78. The van der Waals surface area contributed by atoms with Crippen LogP contribution >= 0.6 is 0 Å². The quantitative estimate of drug-likeness (QED) is 0.682. The van der Waals surface area contributed by atoms with Gasteiger partial charge in [0.05, 0.1) is 24.7 Å². The van der Waals surface area contributed by atoms with Crippen molar-refractivity contribution in [3.63, 3.8) is 0 Å². The third-order valence-electron chi connectivity index (χ3n) is 5.40. The van der Waals surface area contributed by atoms with E-state index in [1.165, 1.54) is 0 Å². The number of nitrogens with zero attached hydrogens (tertiary/aromatic N) is 2. The smallest absolute Gasteiger partial charge is 0.240 e. The first kappa shape index (κ1) is 20.8. The maximum Gasteiger partial charge on any atom is 0.240 e. The molecular weight excluding hydrogens is 332 g/mol. The Kier molecular flexibility index (Phi) is 6.80. The van der Waals surface area contributed by atoms with Crippen LogP contribution in [0.2, 0.25) is 0 Å². The molecule has 4 N–H and O–H groups in total. The number of rotatable bonds is 7. The maximum absolute atomic E-state index is 12.7. The number of ketones is 1. The minimum Gasteiger partial charge on any atom is -0.329 e. The van der Waals surface area contributed by atoms with Crippen molar-refractivity contribution in [2.75, 3.05) is 13.1 Å². The van der Waals surface area contributed by atoms with E-state index in [1.807, 2.05) is 13.8 Å². The summed E-state index contributed by atoms with van der Waals surface area (Å²) in [5.74, 6) is 0.347. The van der Waals surface area contributed by atoms with Crippen LogP contribution in [0.4, 0.5) is 0 Å². The Morgan fingerprint density at radius 2 is 1.62 bits per heavy atom. The molecule has 0 radical (unpaired) electrons. The van der Waals surface area contributed by atoms with E-state index in [-0.39, 0.29) is 30.2 Å². The molecule has 0 aliphatic carbocycles. The Morgan fingerprint density at radius 3 is 2.19 bits per heavy atom. The Labute approximate surface area is 156 Å². The maximum atomic E-state index is 12.7. The van der Waals surface area contributed by atoms with Gasteiger partial charge >= 0.3 is 0 Å². The summed E-state index contributed by atoms with van der Waals surface area (Å²) in [7, 11) is 0. The molecule has 26 heavy (non-hydrogen) atoms. The summed E-state index contributed by atoms with van der Waals surface area (Å²) in [5.41, 5.74) is 12.1. The van der Waals surface area contributed by atoms with Crippen molar-refractivity contribution in [1.29, 1.82) is 0 Å². The van der Waals surface area contributed by atoms with Crippen LogP contribution in [-0.2, 0) is 14.4 Å². The predicted octanol–water partition coefficient (Wildman–Crippen LogP) is 0.504. The van der Waals surface area contributed by atoms with Crippen molar-refractivity contribution in [1.82, 2.24) is 9.80 Å². The highest BCUT2D eigenvalue weighted by Crippen LogP contribution is 2.31. The number of nitrogens with two attached hydrogens (primary N) is 2. The average molecular weight is 367 g/mol. The Balaban J connectivity index is 2.04. The van der Waals surface area contributed by atoms with Crippen molar-refractivity contribution in [3.05, 3.63) is 0 Å². The molecule has 2 heterocycles. The van der Waals surface area contributed by atoms with Crippen LogP contribution in [-0.4, -0.2) is 64.7 Å². The van der Waals surface area contributed by atoms with Crippen LogP contribution in [0.15, 0.2) is 0 Å². The van der Waals surface area contributed by atoms with Gasteiger partial charge in [0.2, 0.25) is 11.8 Å². The summed E-state index contributed by atoms with van der Waals surface area (Å²) < 4.78 is 0. The molecule has 0 aromatic heterocycles. The van der Waals surface area contributed by atoms with Crippen molar-refractivity contribution in [2.24, 2.45) is 23.3 Å². The molecule has 7 heteroatoms. The summed E-state index contributed by atoms with van der Waals surface area (Å²) in [6, 6.07) is -1.99. The predicted molar refractivity (Wildman–Crippen MR) is 100 cm³/mol. The van der Waals surface area contributed by atoms with Crippen molar-refractivity contribution in [2.45, 2.75) is 77.5 Å². The van der Waals surface area contributed by atoms with E-state index in [0.717, 1.165) is 6.42 Å². The Bertz CT molecular complexity index is 549. The number of hydrogen-bond donors (Lipinski definition) is 2. The molecule has 4 atom stereocenters. The third kappa shape index (κ3) is 4.43. The molecule has 4 unspecified atom stereocenters. The Hall–Kier alpha value is -1.47. The molecule has 2 amide bonds. The summed E-state index contributed by atoms with van der Waals surface area (Å²) in [4.78, 5) is 41.1. The highest BCUT2D eigenvalue weighted by Gasteiger charge is 2.52. The zero-order chi connectivity index (χ0) is 19.6. The molecule has 2 aliphatic heterocycles. The SMILES string of the molecule is CC(C)CCC(N)C(=O)N1CC(=O)C2C1CCN2C(=O)C(N)CC(C)C. The van der Waals surface area contributed by atoms with E-state index in [9.17, 15) is 14.4 Å². The van der Waals surface area contributed by atoms with Gasteiger partial charge in [0.1, 0.15) is 6.04 Å². The first-order chi connectivity index (χ1) is 12.1.